The first kappa shape index (κ1) is 15.8. The van der Waals surface area contributed by atoms with Gasteiger partial charge in [0.2, 0.25) is 0 Å². The van der Waals surface area contributed by atoms with Gasteiger partial charge >= 0.3 is 0 Å². The van der Waals surface area contributed by atoms with Crippen LogP contribution in [0.15, 0.2) is 13.6 Å². The van der Waals surface area contributed by atoms with Crippen LogP contribution in [-0.4, -0.2) is 54.3 Å². The molecule has 1 amide bonds. The normalized spacial score (nSPS) is 17.5. The predicted molar refractivity (Wildman–Crippen MR) is 87.4 cm³/mol. The highest BCUT2D eigenvalue weighted by molar-refractivity contribution is 9.12. The molecule has 1 aromatic heterocycles. The second kappa shape index (κ2) is 7.41. The van der Waals surface area contributed by atoms with E-state index in [9.17, 15) is 4.79 Å². The average Bonchev–Trinajstić information content (AvgIpc) is 2.59. The largest absolute Gasteiger partial charge is 0.337 e. The van der Waals surface area contributed by atoms with E-state index in [0.29, 0.717) is 5.88 Å². The Kier molecular flexibility index (Phi) is 6.14. The maximum atomic E-state index is 12.5. The summed E-state index contributed by atoms with van der Waals surface area (Å²) in [7, 11) is 0. The number of thiophene rings is 1. The molecule has 0 aromatic carbocycles. The fraction of sp³-hybridized carbons (Fsp3) is 0.583. The van der Waals surface area contributed by atoms with E-state index in [4.69, 9.17) is 11.6 Å². The Bertz CT molecular complexity index is 455. The highest BCUT2D eigenvalue weighted by Crippen LogP contribution is 2.32. The number of rotatable bonds is 3. The lowest BCUT2D eigenvalue weighted by atomic mass is 10.3. The van der Waals surface area contributed by atoms with Crippen LogP contribution in [-0.2, 0) is 0 Å². The van der Waals surface area contributed by atoms with Crippen LogP contribution in [0.1, 0.15) is 16.8 Å². The maximum absolute atomic E-state index is 12.5. The SMILES string of the molecule is O=C(c1cc(Br)sc1Br)N1CCCN(CCCl)CC1. The van der Waals surface area contributed by atoms with Gasteiger partial charge in [0.25, 0.3) is 5.91 Å². The van der Waals surface area contributed by atoms with Crippen molar-refractivity contribution < 1.29 is 4.79 Å². The molecule has 1 fully saturated rings. The third-order valence-corrected chi connectivity index (χ3v) is 5.67. The molecule has 0 unspecified atom stereocenters. The molecule has 2 rings (SSSR count). The van der Waals surface area contributed by atoms with Gasteiger partial charge in [-0.3, -0.25) is 4.79 Å². The molecule has 0 N–H and O–H groups in total. The number of carbonyl (C=O) groups is 1. The number of nitrogens with zero attached hydrogens (tertiary/aromatic N) is 2. The molecule has 1 aliphatic heterocycles. The number of alkyl halides is 1. The van der Waals surface area contributed by atoms with Gasteiger partial charge in [-0.2, -0.15) is 0 Å². The van der Waals surface area contributed by atoms with Crippen molar-refractivity contribution in [1.82, 2.24) is 9.80 Å². The zero-order valence-corrected chi connectivity index (χ0v) is 15.1. The fourth-order valence-electron chi connectivity index (χ4n) is 2.17. The summed E-state index contributed by atoms with van der Waals surface area (Å²) in [5.74, 6) is 0.762. The Balaban J connectivity index is 2.02. The van der Waals surface area contributed by atoms with Gasteiger partial charge in [0, 0.05) is 32.1 Å². The van der Waals surface area contributed by atoms with Gasteiger partial charge in [0.15, 0.2) is 0 Å². The van der Waals surface area contributed by atoms with Crippen LogP contribution in [0, 0.1) is 0 Å². The van der Waals surface area contributed by atoms with Gasteiger partial charge in [0.05, 0.1) is 13.1 Å². The Morgan fingerprint density at radius 1 is 1.32 bits per heavy atom. The maximum Gasteiger partial charge on any atom is 0.255 e. The van der Waals surface area contributed by atoms with Crippen LogP contribution in [0.4, 0.5) is 0 Å². The van der Waals surface area contributed by atoms with E-state index in [1.165, 1.54) is 11.3 Å². The molecule has 2 heterocycles. The third kappa shape index (κ3) is 4.17. The van der Waals surface area contributed by atoms with Gasteiger partial charge in [-0.25, -0.2) is 0 Å². The second-order valence-corrected chi connectivity index (χ2v) is 8.54. The summed E-state index contributed by atoms with van der Waals surface area (Å²) >= 11 is 14.2. The molecule has 0 aliphatic carbocycles. The van der Waals surface area contributed by atoms with E-state index in [1.54, 1.807) is 0 Å². The first-order chi connectivity index (χ1) is 9.11. The third-order valence-electron chi connectivity index (χ3n) is 3.16. The van der Waals surface area contributed by atoms with Crippen LogP contribution < -0.4 is 0 Å². The summed E-state index contributed by atoms with van der Waals surface area (Å²) in [5.41, 5.74) is 0.752. The second-order valence-electron chi connectivity index (χ2n) is 4.41. The van der Waals surface area contributed by atoms with E-state index in [-0.39, 0.29) is 5.91 Å². The molecule has 0 bridgehead atoms. The standard InChI is InChI=1S/C12H15Br2ClN2OS/c13-10-8-9(11(14)19-10)12(18)17-4-1-3-16(5-2-15)6-7-17/h8H,1-7H2. The molecule has 0 radical (unpaired) electrons. The minimum absolute atomic E-state index is 0.113. The number of amides is 1. The smallest absolute Gasteiger partial charge is 0.255 e. The van der Waals surface area contributed by atoms with E-state index < -0.39 is 0 Å². The Morgan fingerprint density at radius 2 is 2.11 bits per heavy atom. The van der Waals surface area contributed by atoms with Crippen LogP contribution in [0.25, 0.3) is 0 Å². The number of hydrogen-bond acceptors (Lipinski definition) is 3. The van der Waals surface area contributed by atoms with Crippen molar-refractivity contribution in [3.8, 4) is 0 Å². The van der Waals surface area contributed by atoms with Crippen LogP contribution >= 0.6 is 54.8 Å². The molecule has 0 atom stereocenters. The lowest BCUT2D eigenvalue weighted by Gasteiger charge is -2.21. The highest BCUT2D eigenvalue weighted by Gasteiger charge is 2.22. The Labute approximate surface area is 139 Å². The molecular weight excluding hydrogens is 415 g/mol. The first-order valence-corrected chi connectivity index (χ1v) is 9.08. The van der Waals surface area contributed by atoms with Gasteiger partial charge in [-0.1, -0.05) is 0 Å². The molecule has 19 heavy (non-hydrogen) atoms. The molecular formula is C12H15Br2ClN2OS. The van der Waals surface area contributed by atoms with Crippen molar-refractivity contribution in [3.63, 3.8) is 0 Å². The zero-order valence-electron chi connectivity index (χ0n) is 10.4. The molecule has 106 valence electrons. The van der Waals surface area contributed by atoms with Crippen molar-refractivity contribution >= 4 is 60.7 Å². The Hall–Kier alpha value is 0.380. The van der Waals surface area contributed by atoms with Crippen molar-refractivity contribution in [1.29, 1.82) is 0 Å². The summed E-state index contributed by atoms with van der Waals surface area (Å²) in [6, 6.07) is 1.89. The van der Waals surface area contributed by atoms with Crippen LogP contribution in [0.3, 0.4) is 0 Å². The van der Waals surface area contributed by atoms with Crippen LogP contribution in [0.2, 0.25) is 0 Å². The topological polar surface area (TPSA) is 23.6 Å². The van der Waals surface area contributed by atoms with Crippen molar-refractivity contribution in [2.45, 2.75) is 6.42 Å². The Morgan fingerprint density at radius 3 is 2.74 bits per heavy atom. The molecule has 1 aromatic rings. The summed E-state index contributed by atoms with van der Waals surface area (Å²) in [6.07, 6.45) is 1.01. The summed E-state index contributed by atoms with van der Waals surface area (Å²) < 4.78 is 1.87. The number of hydrogen-bond donors (Lipinski definition) is 0. The molecule has 1 saturated heterocycles. The number of halogens is 3. The van der Waals surface area contributed by atoms with Crippen LogP contribution in [0.5, 0.6) is 0 Å². The molecule has 1 aliphatic rings. The zero-order chi connectivity index (χ0) is 13.8. The quantitative estimate of drug-likeness (QED) is 0.684. The number of carbonyl (C=O) groups excluding carboxylic acids is 1. The van der Waals surface area contributed by atoms with Gasteiger partial charge in [-0.05, 0) is 50.9 Å². The average molecular weight is 431 g/mol. The summed E-state index contributed by atoms with van der Waals surface area (Å²) in [4.78, 5) is 16.7. The van der Waals surface area contributed by atoms with Gasteiger partial charge in [0.1, 0.15) is 0 Å². The van der Waals surface area contributed by atoms with E-state index in [1.807, 2.05) is 11.0 Å². The minimum Gasteiger partial charge on any atom is -0.337 e. The molecule has 0 spiro atoms. The lowest BCUT2D eigenvalue weighted by Crippen LogP contribution is -2.35. The molecule has 3 nitrogen and oxygen atoms in total. The minimum atomic E-state index is 0.113. The van der Waals surface area contributed by atoms with Gasteiger partial charge in [-0.15, -0.1) is 22.9 Å². The fourth-order valence-corrected chi connectivity index (χ4v) is 5.19. The van der Waals surface area contributed by atoms with E-state index in [2.05, 4.69) is 36.8 Å². The predicted octanol–water partition coefficient (Wildman–Crippen LogP) is 3.66. The van der Waals surface area contributed by atoms with Crippen molar-refractivity contribution in [2.24, 2.45) is 0 Å². The van der Waals surface area contributed by atoms with E-state index in [0.717, 1.165) is 52.3 Å². The molecule has 0 saturated carbocycles. The summed E-state index contributed by atoms with van der Waals surface area (Å²) in [6.45, 7) is 4.41. The van der Waals surface area contributed by atoms with Crippen molar-refractivity contribution in [2.75, 3.05) is 38.6 Å². The lowest BCUT2D eigenvalue weighted by molar-refractivity contribution is 0.0761. The molecule has 7 heteroatoms. The highest BCUT2D eigenvalue weighted by atomic mass is 79.9. The van der Waals surface area contributed by atoms with Gasteiger partial charge < -0.3 is 9.80 Å². The summed E-state index contributed by atoms with van der Waals surface area (Å²) in [5, 5.41) is 0. The first-order valence-electron chi connectivity index (χ1n) is 6.14. The van der Waals surface area contributed by atoms with E-state index >= 15 is 0 Å². The monoisotopic (exact) mass is 428 g/mol. The van der Waals surface area contributed by atoms with Crippen molar-refractivity contribution in [3.05, 3.63) is 19.2 Å².